The van der Waals surface area contributed by atoms with Gasteiger partial charge in [-0.25, -0.2) is 9.49 Å². The second kappa shape index (κ2) is 12.7. The first kappa shape index (κ1) is 27.3. The second-order valence-electron chi connectivity index (χ2n) is 9.75. The third-order valence-corrected chi connectivity index (χ3v) is 7.08. The highest BCUT2D eigenvalue weighted by Crippen LogP contribution is 2.28. The highest BCUT2D eigenvalue weighted by molar-refractivity contribution is 5.95. The van der Waals surface area contributed by atoms with Crippen molar-refractivity contribution >= 4 is 22.6 Å². The van der Waals surface area contributed by atoms with Gasteiger partial charge in [-0.2, -0.15) is 0 Å². The van der Waals surface area contributed by atoms with Crippen LogP contribution in [0.5, 0.6) is 11.6 Å². The van der Waals surface area contributed by atoms with E-state index in [1.54, 1.807) is 29.2 Å². The molecule has 8 nitrogen and oxygen atoms in total. The van der Waals surface area contributed by atoms with Crippen molar-refractivity contribution in [2.24, 2.45) is 5.92 Å². The van der Waals surface area contributed by atoms with Crippen LogP contribution in [0.15, 0.2) is 47.3 Å². The maximum Gasteiger partial charge on any atom is 0.272 e. The first-order chi connectivity index (χ1) is 18.4. The quantitative estimate of drug-likeness (QED) is 0.398. The lowest BCUT2D eigenvalue weighted by Gasteiger charge is -2.36. The number of piperazine rings is 1. The molecule has 2 heterocycles. The topological polar surface area (TPSA) is 95.6 Å². The number of carbonyl (C=O) groups excluding carboxylic acids is 2. The van der Waals surface area contributed by atoms with Crippen molar-refractivity contribution in [1.82, 2.24) is 20.0 Å². The fourth-order valence-electron chi connectivity index (χ4n) is 4.86. The standard InChI is InChI=1S/C29H35FN4O4/c1-3-5-9-20(10-6-4-2)28(36)33-15-17-34(18-16-33)29(37)24-19-21(13-14-25(24)30)38-27-23-12-8-7-11-22(23)26(35)31-32-27/h7-8,11-14,19-20H,3-6,9-10,15-18H2,1-2H3,(H,31,35). The highest BCUT2D eigenvalue weighted by atomic mass is 19.1. The van der Waals surface area contributed by atoms with Crippen LogP contribution in [-0.2, 0) is 4.79 Å². The molecule has 0 spiro atoms. The van der Waals surface area contributed by atoms with Crippen LogP contribution >= 0.6 is 0 Å². The van der Waals surface area contributed by atoms with Crippen molar-refractivity contribution in [3.63, 3.8) is 0 Å². The van der Waals surface area contributed by atoms with Gasteiger partial charge in [-0.05, 0) is 43.2 Å². The fourth-order valence-corrected chi connectivity index (χ4v) is 4.86. The average Bonchev–Trinajstić information content (AvgIpc) is 2.95. The van der Waals surface area contributed by atoms with Crippen LogP contribution in [0.4, 0.5) is 4.39 Å². The summed E-state index contributed by atoms with van der Waals surface area (Å²) in [6, 6.07) is 10.8. The number of nitrogens with zero attached hydrogens (tertiary/aromatic N) is 3. The number of unbranched alkanes of at least 4 members (excludes halogenated alkanes) is 2. The summed E-state index contributed by atoms with van der Waals surface area (Å²) < 4.78 is 20.6. The molecule has 4 rings (SSSR count). The predicted octanol–water partition coefficient (Wildman–Crippen LogP) is 5.14. The van der Waals surface area contributed by atoms with E-state index in [2.05, 4.69) is 24.0 Å². The highest BCUT2D eigenvalue weighted by Gasteiger charge is 2.30. The lowest BCUT2D eigenvalue weighted by molar-refractivity contribution is -0.137. The van der Waals surface area contributed by atoms with Gasteiger partial charge in [0, 0.05) is 32.1 Å². The Morgan fingerprint density at radius 1 is 0.974 bits per heavy atom. The van der Waals surface area contributed by atoms with E-state index in [9.17, 15) is 18.8 Å². The first-order valence-electron chi connectivity index (χ1n) is 13.5. The molecule has 9 heteroatoms. The van der Waals surface area contributed by atoms with Crippen molar-refractivity contribution in [3.8, 4) is 11.6 Å². The van der Waals surface area contributed by atoms with Crippen LogP contribution in [0.2, 0.25) is 0 Å². The van der Waals surface area contributed by atoms with Crippen LogP contribution in [0.25, 0.3) is 10.8 Å². The number of ether oxygens (including phenoxy) is 1. The van der Waals surface area contributed by atoms with Gasteiger partial charge in [0.15, 0.2) is 0 Å². The molecule has 38 heavy (non-hydrogen) atoms. The van der Waals surface area contributed by atoms with Crippen LogP contribution in [0, 0.1) is 11.7 Å². The van der Waals surface area contributed by atoms with E-state index in [0.717, 1.165) is 38.5 Å². The molecule has 0 unspecified atom stereocenters. The Bertz CT molecular complexity index is 1330. The number of benzene rings is 2. The Morgan fingerprint density at radius 3 is 2.26 bits per heavy atom. The van der Waals surface area contributed by atoms with Crippen molar-refractivity contribution in [2.45, 2.75) is 52.4 Å². The summed E-state index contributed by atoms with van der Waals surface area (Å²) in [4.78, 5) is 41.9. The number of hydrogen-bond donors (Lipinski definition) is 1. The van der Waals surface area contributed by atoms with Gasteiger partial charge < -0.3 is 14.5 Å². The van der Waals surface area contributed by atoms with E-state index in [0.29, 0.717) is 37.0 Å². The number of nitrogens with one attached hydrogen (secondary N) is 1. The lowest BCUT2D eigenvalue weighted by Crippen LogP contribution is -2.52. The third-order valence-electron chi connectivity index (χ3n) is 7.08. The molecule has 2 amide bonds. The molecule has 1 N–H and O–H groups in total. The summed E-state index contributed by atoms with van der Waals surface area (Å²) >= 11 is 0. The zero-order chi connectivity index (χ0) is 27.1. The molecular weight excluding hydrogens is 487 g/mol. The minimum Gasteiger partial charge on any atom is -0.437 e. The monoisotopic (exact) mass is 522 g/mol. The maximum atomic E-state index is 14.7. The van der Waals surface area contributed by atoms with Crippen LogP contribution in [-0.4, -0.2) is 58.0 Å². The molecule has 3 aromatic rings. The summed E-state index contributed by atoms with van der Waals surface area (Å²) in [6.45, 7) is 5.81. The van der Waals surface area contributed by atoms with E-state index >= 15 is 0 Å². The number of rotatable bonds is 10. The van der Waals surface area contributed by atoms with Gasteiger partial charge in [0.25, 0.3) is 11.5 Å². The Kier molecular flexibility index (Phi) is 9.10. The minimum atomic E-state index is -0.653. The van der Waals surface area contributed by atoms with Gasteiger partial charge >= 0.3 is 0 Å². The average molecular weight is 523 g/mol. The summed E-state index contributed by atoms with van der Waals surface area (Å²) in [5.74, 6) is -0.532. The van der Waals surface area contributed by atoms with Crippen molar-refractivity contribution in [3.05, 3.63) is 64.2 Å². The summed E-state index contributed by atoms with van der Waals surface area (Å²) in [7, 11) is 0. The Balaban J connectivity index is 1.44. The normalized spacial score (nSPS) is 13.8. The van der Waals surface area contributed by atoms with Crippen molar-refractivity contribution in [2.75, 3.05) is 26.2 Å². The van der Waals surface area contributed by atoms with E-state index in [4.69, 9.17) is 4.74 Å². The van der Waals surface area contributed by atoms with E-state index < -0.39 is 11.7 Å². The van der Waals surface area contributed by atoms with Gasteiger partial charge in [-0.1, -0.05) is 51.7 Å². The molecule has 1 aliphatic rings. The predicted molar refractivity (Wildman–Crippen MR) is 144 cm³/mol. The van der Waals surface area contributed by atoms with E-state index in [1.807, 2.05) is 4.90 Å². The molecular formula is C29H35FN4O4. The molecule has 2 aromatic carbocycles. The number of amides is 2. The second-order valence-corrected chi connectivity index (χ2v) is 9.75. The molecule has 0 atom stereocenters. The van der Waals surface area contributed by atoms with Crippen LogP contribution in [0.1, 0.15) is 62.7 Å². The molecule has 1 saturated heterocycles. The van der Waals surface area contributed by atoms with Gasteiger partial charge in [0.2, 0.25) is 11.8 Å². The zero-order valence-corrected chi connectivity index (χ0v) is 22.0. The van der Waals surface area contributed by atoms with Gasteiger partial charge in [0.1, 0.15) is 11.6 Å². The van der Waals surface area contributed by atoms with E-state index in [1.165, 1.54) is 18.2 Å². The maximum absolute atomic E-state index is 14.7. The van der Waals surface area contributed by atoms with Gasteiger partial charge in [0.05, 0.1) is 16.3 Å². The number of fused-ring (bicyclic) bond motifs is 1. The largest absolute Gasteiger partial charge is 0.437 e. The SMILES string of the molecule is CCCCC(CCCC)C(=O)N1CCN(C(=O)c2cc(Oc3n[nH]c(=O)c4ccccc34)ccc2F)CC1. The number of hydrogen-bond acceptors (Lipinski definition) is 5. The first-order valence-corrected chi connectivity index (χ1v) is 13.5. The van der Waals surface area contributed by atoms with Crippen LogP contribution in [0.3, 0.4) is 0 Å². The molecule has 202 valence electrons. The zero-order valence-electron chi connectivity index (χ0n) is 22.0. The lowest BCUT2D eigenvalue weighted by atomic mass is 9.94. The molecule has 1 aromatic heterocycles. The Hall–Kier alpha value is -3.75. The molecule has 1 aliphatic heterocycles. The van der Waals surface area contributed by atoms with E-state index in [-0.39, 0.29) is 34.6 Å². The summed E-state index contributed by atoms with van der Waals surface area (Å²) in [6.07, 6.45) is 5.96. The number of carbonyl (C=O) groups is 2. The van der Waals surface area contributed by atoms with Gasteiger partial charge in [-0.15, -0.1) is 5.10 Å². The number of aromatic nitrogens is 2. The molecule has 0 aliphatic carbocycles. The van der Waals surface area contributed by atoms with Crippen LogP contribution < -0.4 is 10.3 Å². The summed E-state index contributed by atoms with van der Waals surface area (Å²) in [5.41, 5.74) is -0.456. The third kappa shape index (κ3) is 6.20. The summed E-state index contributed by atoms with van der Waals surface area (Å²) in [5, 5.41) is 7.29. The van der Waals surface area contributed by atoms with Gasteiger partial charge in [-0.3, -0.25) is 14.4 Å². The number of H-pyrrole nitrogens is 1. The molecule has 0 saturated carbocycles. The Morgan fingerprint density at radius 2 is 1.61 bits per heavy atom. The van der Waals surface area contributed by atoms with Crippen molar-refractivity contribution in [1.29, 1.82) is 0 Å². The molecule has 1 fully saturated rings. The molecule has 0 bridgehead atoms. The molecule has 0 radical (unpaired) electrons. The fraction of sp³-hybridized carbons (Fsp3) is 0.448. The number of aromatic amines is 1. The number of halogens is 1. The smallest absolute Gasteiger partial charge is 0.272 e. The minimum absolute atomic E-state index is 0.0287. The Labute approximate surface area is 221 Å². The van der Waals surface area contributed by atoms with Crippen molar-refractivity contribution < 1.29 is 18.7 Å².